The van der Waals surface area contributed by atoms with E-state index in [1.165, 1.54) is 6.07 Å². The summed E-state index contributed by atoms with van der Waals surface area (Å²) in [6.07, 6.45) is -0.181. The summed E-state index contributed by atoms with van der Waals surface area (Å²) in [5.74, 6) is -0.462. The Hall–Kier alpha value is -2.06. The summed E-state index contributed by atoms with van der Waals surface area (Å²) < 4.78 is 1.99. The van der Waals surface area contributed by atoms with Crippen LogP contribution in [0.5, 0.6) is 0 Å². The maximum atomic E-state index is 13.0. The number of aromatic nitrogens is 1. The molecule has 1 aliphatic rings. The molecule has 0 spiro atoms. The Balaban J connectivity index is 1.94. The molecule has 1 aromatic carbocycles. The van der Waals surface area contributed by atoms with Gasteiger partial charge < -0.3 is 15.0 Å². The molecule has 156 valence electrons. The van der Waals surface area contributed by atoms with Gasteiger partial charge in [-0.15, -0.1) is 11.8 Å². The highest BCUT2D eigenvalue weighted by Gasteiger charge is 2.29. The number of hydrogen-bond acceptors (Lipinski definition) is 5. The topological polar surface area (TPSA) is 71.3 Å². The molecule has 0 fully saturated rings. The number of pyridine rings is 1. The highest BCUT2D eigenvalue weighted by molar-refractivity contribution is 7.99. The van der Waals surface area contributed by atoms with Gasteiger partial charge >= 0.3 is 0 Å². The third kappa shape index (κ3) is 4.07. The second-order valence-corrected chi connectivity index (χ2v) is 9.81. The van der Waals surface area contributed by atoms with Crippen molar-refractivity contribution >= 4 is 40.6 Å². The van der Waals surface area contributed by atoms with E-state index in [-0.39, 0.29) is 22.8 Å². The fourth-order valence-electron chi connectivity index (χ4n) is 3.68. The van der Waals surface area contributed by atoms with E-state index in [4.69, 9.17) is 11.6 Å². The molecule has 2 atom stereocenters. The zero-order valence-corrected chi connectivity index (χ0v) is 18.9. The Morgan fingerprint density at radius 3 is 2.87 bits per heavy atom. The molecule has 1 aliphatic heterocycles. The second-order valence-electron chi connectivity index (χ2n) is 7.35. The Morgan fingerprint density at radius 2 is 2.17 bits per heavy atom. The number of aliphatic hydroxyl groups is 1. The molecule has 30 heavy (non-hydrogen) atoms. The van der Waals surface area contributed by atoms with Crippen molar-refractivity contribution in [1.82, 2.24) is 9.88 Å². The summed E-state index contributed by atoms with van der Waals surface area (Å²) >= 11 is 9.60. The molecule has 0 radical (unpaired) electrons. The molecule has 8 heteroatoms. The summed E-state index contributed by atoms with van der Waals surface area (Å²) in [5.41, 5.74) is 3.30. The molecule has 2 aromatic heterocycles. The van der Waals surface area contributed by atoms with Gasteiger partial charge in [0, 0.05) is 45.6 Å². The first kappa shape index (κ1) is 21.2. The number of nitrogens with zero attached hydrogens (tertiary/aromatic N) is 1. The normalized spacial score (nSPS) is 16.3. The molecule has 4 rings (SSSR count). The quantitative estimate of drug-likeness (QED) is 0.606. The zero-order valence-electron chi connectivity index (χ0n) is 16.5. The minimum absolute atomic E-state index is 0.0340. The molecule has 1 amide bonds. The fourth-order valence-corrected chi connectivity index (χ4v) is 6.02. The molecule has 5 nitrogen and oxygen atoms in total. The average Bonchev–Trinajstić information content (AvgIpc) is 3.16. The largest absolute Gasteiger partial charge is 0.392 e. The number of hydrogen-bond donors (Lipinski definition) is 2. The van der Waals surface area contributed by atoms with Crippen molar-refractivity contribution in [3.05, 3.63) is 78.9 Å². The van der Waals surface area contributed by atoms with Gasteiger partial charge in [-0.2, -0.15) is 11.3 Å². The number of amides is 1. The molecular weight excluding hydrogens is 440 g/mol. The first-order chi connectivity index (χ1) is 14.3. The molecule has 2 unspecified atom stereocenters. The van der Waals surface area contributed by atoms with Crippen LogP contribution in [0.4, 0.5) is 0 Å². The Kier molecular flexibility index (Phi) is 6.06. The van der Waals surface area contributed by atoms with Crippen molar-refractivity contribution in [2.75, 3.05) is 6.54 Å². The highest BCUT2D eigenvalue weighted by Crippen LogP contribution is 2.45. The van der Waals surface area contributed by atoms with Crippen molar-refractivity contribution in [3.8, 4) is 5.69 Å². The highest BCUT2D eigenvalue weighted by atomic mass is 35.5. The third-order valence-electron chi connectivity index (χ3n) is 5.01. The van der Waals surface area contributed by atoms with Gasteiger partial charge in [-0.1, -0.05) is 11.6 Å². The van der Waals surface area contributed by atoms with Crippen LogP contribution in [0.15, 0.2) is 50.8 Å². The number of thiophene rings is 1. The zero-order chi connectivity index (χ0) is 21.4. The lowest BCUT2D eigenvalue weighted by atomic mass is 10.0. The number of carbonyl (C=O) groups is 1. The lowest BCUT2D eigenvalue weighted by molar-refractivity contribution is 0.0921. The van der Waals surface area contributed by atoms with E-state index in [0.717, 1.165) is 21.8 Å². The van der Waals surface area contributed by atoms with Crippen molar-refractivity contribution < 1.29 is 9.90 Å². The molecule has 2 N–H and O–H groups in total. The smallest absolute Gasteiger partial charge is 0.257 e. The molecule has 3 aromatic rings. The molecule has 0 saturated heterocycles. The number of rotatable bonds is 4. The summed E-state index contributed by atoms with van der Waals surface area (Å²) in [6.45, 7) is 3.54. The van der Waals surface area contributed by atoms with Gasteiger partial charge in [0.15, 0.2) is 5.43 Å². The van der Waals surface area contributed by atoms with E-state index in [9.17, 15) is 14.7 Å². The van der Waals surface area contributed by atoms with Gasteiger partial charge in [-0.05, 0) is 54.4 Å². The van der Waals surface area contributed by atoms with Crippen LogP contribution in [0.25, 0.3) is 5.69 Å². The monoisotopic (exact) mass is 460 g/mol. The van der Waals surface area contributed by atoms with Crippen LogP contribution in [-0.4, -0.2) is 28.2 Å². The first-order valence-corrected chi connectivity index (χ1v) is 11.8. The lowest BCUT2D eigenvalue weighted by Gasteiger charge is -2.20. The van der Waals surface area contributed by atoms with Crippen LogP contribution < -0.4 is 10.7 Å². The Bertz CT molecular complexity index is 1160. The summed E-state index contributed by atoms with van der Waals surface area (Å²) in [4.78, 5) is 26.9. The maximum absolute atomic E-state index is 13.0. The number of fused-ring (bicyclic) bond motifs is 3. The fraction of sp³-hybridized carbons (Fsp3) is 0.273. The van der Waals surface area contributed by atoms with E-state index in [2.05, 4.69) is 16.8 Å². The number of thioether (sulfide) groups is 1. The summed E-state index contributed by atoms with van der Waals surface area (Å²) in [7, 11) is 0. The first-order valence-electron chi connectivity index (χ1n) is 9.55. The molecule has 0 bridgehead atoms. The van der Waals surface area contributed by atoms with Crippen molar-refractivity contribution in [3.63, 3.8) is 0 Å². The van der Waals surface area contributed by atoms with Crippen molar-refractivity contribution in [2.24, 2.45) is 0 Å². The van der Waals surface area contributed by atoms with E-state index in [1.54, 1.807) is 30.0 Å². The SMILES string of the molecule is Cc1cc(=O)c(C(=O)NCC(C)O)c2n1-c1ccc(Cl)cc1SC(c1ccsc1)C2. The van der Waals surface area contributed by atoms with Gasteiger partial charge in [0.2, 0.25) is 0 Å². The molecule has 3 heterocycles. The van der Waals surface area contributed by atoms with Crippen LogP contribution in [0, 0.1) is 6.92 Å². The molecule has 0 aliphatic carbocycles. The number of carbonyl (C=O) groups excluding carboxylic acids is 1. The van der Waals surface area contributed by atoms with Gasteiger partial charge in [-0.25, -0.2) is 0 Å². The van der Waals surface area contributed by atoms with Crippen LogP contribution in [0.2, 0.25) is 5.02 Å². The standard InChI is InChI=1S/C22H21ClN2O3S2/c1-12-7-18(27)21(22(28)24-10-13(2)26)17-9-19(14-5-6-29-11-14)30-20-8-15(23)3-4-16(20)25(12)17/h3-8,11,13,19,26H,9-10H2,1-2H3,(H,24,28). The van der Waals surface area contributed by atoms with E-state index < -0.39 is 12.0 Å². The maximum Gasteiger partial charge on any atom is 0.257 e. The van der Waals surface area contributed by atoms with Crippen LogP contribution in [0.3, 0.4) is 0 Å². The summed E-state index contributed by atoms with van der Waals surface area (Å²) in [6, 6.07) is 9.25. The van der Waals surface area contributed by atoms with Crippen LogP contribution >= 0.6 is 34.7 Å². The number of aryl methyl sites for hydroxylation is 1. The predicted molar refractivity (Wildman–Crippen MR) is 122 cm³/mol. The summed E-state index contributed by atoms with van der Waals surface area (Å²) in [5, 5.41) is 17.0. The molecular formula is C22H21ClN2O3S2. The Labute approximate surface area is 187 Å². The minimum atomic E-state index is -0.697. The van der Waals surface area contributed by atoms with Gasteiger partial charge in [0.25, 0.3) is 5.91 Å². The number of halogens is 1. The van der Waals surface area contributed by atoms with Crippen LogP contribution in [0.1, 0.15) is 39.5 Å². The minimum Gasteiger partial charge on any atom is -0.392 e. The Morgan fingerprint density at radius 1 is 1.37 bits per heavy atom. The number of benzene rings is 1. The predicted octanol–water partition coefficient (Wildman–Crippen LogP) is 4.36. The number of aliphatic hydroxyl groups excluding tert-OH is 1. The molecule has 0 saturated carbocycles. The van der Waals surface area contributed by atoms with E-state index >= 15 is 0 Å². The van der Waals surface area contributed by atoms with Crippen LogP contribution in [-0.2, 0) is 6.42 Å². The second kappa shape index (κ2) is 8.59. The average molecular weight is 461 g/mol. The third-order valence-corrected chi connectivity index (χ3v) is 7.25. The van der Waals surface area contributed by atoms with E-state index in [1.807, 2.05) is 35.1 Å². The van der Waals surface area contributed by atoms with E-state index in [0.29, 0.717) is 17.1 Å². The van der Waals surface area contributed by atoms with Crippen molar-refractivity contribution in [1.29, 1.82) is 0 Å². The van der Waals surface area contributed by atoms with Gasteiger partial charge in [0.1, 0.15) is 5.56 Å². The van der Waals surface area contributed by atoms with Gasteiger partial charge in [-0.3, -0.25) is 9.59 Å². The number of nitrogens with one attached hydrogen (secondary N) is 1. The van der Waals surface area contributed by atoms with Crippen molar-refractivity contribution in [2.45, 2.75) is 36.5 Å². The van der Waals surface area contributed by atoms with Gasteiger partial charge in [0.05, 0.1) is 11.8 Å². The lowest BCUT2D eigenvalue weighted by Crippen LogP contribution is -2.36.